The molecule has 1 aliphatic heterocycles. The van der Waals surface area contributed by atoms with E-state index in [2.05, 4.69) is 24.3 Å². The molecule has 2 amide bonds. The molecule has 1 saturated heterocycles. The zero-order valence-corrected chi connectivity index (χ0v) is 15.0. The van der Waals surface area contributed by atoms with Crippen LogP contribution in [0.1, 0.15) is 58.7 Å². The maximum absolute atomic E-state index is 12.5. The van der Waals surface area contributed by atoms with Crippen LogP contribution >= 0.6 is 0 Å². The fourth-order valence-electron chi connectivity index (χ4n) is 3.30. The topological polar surface area (TPSA) is 87.5 Å². The highest BCUT2D eigenvalue weighted by atomic mass is 16.4. The smallest absolute Gasteiger partial charge is 0.321 e. The fraction of sp³-hybridized carbons (Fsp3) is 0.706. The van der Waals surface area contributed by atoms with Crippen LogP contribution in [0.3, 0.4) is 0 Å². The Morgan fingerprint density at radius 2 is 2.04 bits per heavy atom. The van der Waals surface area contributed by atoms with Gasteiger partial charge in [0, 0.05) is 13.1 Å². The summed E-state index contributed by atoms with van der Waals surface area (Å²) in [4.78, 5) is 25.4. The summed E-state index contributed by atoms with van der Waals surface area (Å²) in [5, 5.41) is 16.7. The lowest BCUT2D eigenvalue weighted by atomic mass is 9.90. The maximum Gasteiger partial charge on any atom is 0.321 e. The second-order valence-electron chi connectivity index (χ2n) is 6.74. The number of anilines is 1. The highest BCUT2D eigenvalue weighted by Gasteiger charge is 2.42. The second kappa shape index (κ2) is 7.23. The summed E-state index contributed by atoms with van der Waals surface area (Å²) >= 11 is 0. The molecule has 2 heterocycles. The molecular weight excluding hydrogens is 308 g/mol. The lowest BCUT2D eigenvalue weighted by Crippen LogP contribution is -2.37. The van der Waals surface area contributed by atoms with Gasteiger partial charge in [-0.25, -0.2) is 4.79 Å². The van der Waals surface area contributed by atoms with Gasteiger partial charge in [0.05, 0.1) is 29.0 Å². The number of carbonyl (C=O) groups excluding carboxylic acids is 1. The van der Waals surface area contributed by atoms with E-state index in [4.69, 9.17) is 0 Å². The molecule has 7 heteroatoms. The van der Waals surface area contributed by atoms with Crippen molar-refractivity contribution < 1.29 is 14.7 Å². The number of carboxylic acid groups (broad SMARTS) is 1. The summed E-state index contributed by atoms with van der Waals surface area (Å²) in [6, 6.07) is 0.0754. The minimum atomic E-state index is -0.857. The van der Waals surface area contributed by atoms with E-state index in [-0.39, 0.29) is 12.6 Å². The molecule has 0 aromatic carbocycles. The Kier molecular flexibility index (Phi) is 5.51. The fourth-order valence-corrected chi connectivity index (χ4v) is 3.30. The number of aromatic nitrogens is 2. The molecule has 1 aliphatic rings. The number of rotatable bonds is 6. The van der Waals surface area contributed by atoms with E-state index in [1.54, 1.807) is 18.0 Å². The Morgan fingerprint density at radius 1 is 1.38 bits per heavy atom. The van der Waals surface area contributed by atoms with E-state index in [1.165, 1.54) is 0 Å². The lowest BCUT2D eigenvalue weighted by Gasteiger charge is -2.21. The van der Waals surface area contributed by atoms with Crippen LogP contribution in [0.25, 0.3) is 0 Å². The molecule has 0 radical (unpaired) electrons. The second-order valence-corrected chi connectivity index (χ2v) is 6.74. The molecule has 1 unspecified atom stereocenters. The number of aliphatic carboxylic acids is 1. The van der Waals surface area contributed by atoms with Gasteiger partial charge in [0.15, 0.2) is 0 Å². The van der Waals surface area contributed by atoms with Crippen LogP contribution < -0.4 is 5.32 Å². The number of urea groups is 1. The molecular formula is C17H28N4O3. The molecule has 1 aromatic rings. The van der Waals surface area contributed by atoms with Crippen molar-refractivity contribution in [2.75, 3.05) is 18.4 Å². The molecule has 1 fully saturated rings. The van der Waals surface area contributed by atoms with Gasteiger partial charge in [-0.3, -0.25) is 9.48 Å². The van der Waals surface area contributed by atoms with Gasteiger partial charge in [-0.2, -0.15) is 5.10 Å². The zero-order chi connectivity index (χ0) is 17.9. The maximum atomic E-state index is 12.5. The summed E-state index contributed by atoms with van der Waals surface area (Å²) in [7, 11) is 0. The third-order valence-corrected chi connectivity index (χ3v) is 5.04. The summed E-state index contributed by atoms with van der Waals surface area (Å²) in [5.74, 6) is -0.853. The van der Waals surface area contributed by atoms with Gasteiger partial charge >= 0.3 is 12.0 Å². The third kappa shape index (κ3) is 3.39. The van der Waals surface area contributed by atoms with Crippen LogP contribution in [0.4, 0.5) is 10.5 Å². The molecule has 2 N–H and O–H groups in total. The molecule has 0 aliphatic carbocycles. The first-order chi connectivity index (χ1) is 11.4. The van der Waals surface area contributed by atoms with E-state index >= 15 is 0 Å². The van der Waals surface area contributed by atoms with Gasteiger partial charge in [0.25, 0.3) is 0 Å². The average Bonchev–Trinajstić information content (AvgIpc) is 3.14. The summed E-state index contributed by atoms with van der Waals surface area (Å²) in [5.41, 5.74) is 0.875. The number of likely N-dealkylation sites (tertiary alicyclic amines) is 1. The van der Waals surface area contributed by atoms with Crippen molar-refractivity contribution in [2.24, 2.45) is 5.41 Å². The van der Waals surface area contributed by atoms with E-state index < -0.39 is 11.4 Å². The Balaban J connectivity index is 2.11. The highest BCUT2D eigenvalue weighted by molar-refractivity contribution is 5.90. The number of amides is 2. The summed E-state index contributed by atoms with van der Waals surface area (Å²) < 4.78 is 2.00. The van der Waals surface area contributed by atoms with E-state index in [0.717, 1.165) is 30.6 Å². The number of hydrogen-bond acceptors (Lipinski definition) is 3. The van der Waals surface area contributed by atoms with Crippen molar-refractivity contribution in [1.82, 2.24) is 14.7 Å². The van der Waals surface area contributed by atoms with Crippen molar-refractivity contribution in [3.63, 3.8) is 0 Å². The molecule has 1 atom stereocenters. The summed E-state index contributed by atoms with van der Waals surface area (Å²) in [6.07, 6.45) is 4.92. The summed E-state index contributed by atoms with van der Waals surface area (Å²) in [6.45, 7) is 8.68. The molecule has 134 valence electrons. The number of carboxylic acids is 1. The molecule has 24 heavy (non-hydrogen) atoms. The molecule has 0 bridgehead atoms. The Morgan fingerprint density at radius 3 is 2.54 bits per heavy atom. The number of nitrogens with one attached hydrogen (secondary N) is 1. The molecule has 7 nitrogen and oxygen atoms in total. The Labute approximate surface area is 143 Å². The van der Waals surface area contributed by atoms with Gasteiger partial charge in [-0.1, -0.05) is 20.8 Å². The normalized spacial score (nSPS) is 20.6. The van der Waals surface area contributed by atoms with E-state index in [0.29, 0.717) is 19.0 Å². The number of nitrogens with zero attached hydrogens (tertiary/aromatic N) is 3. The highest BCUT2D eigenvalue weighted by Crippen LogP contribution is 2.31. The predicted octanol–water partition coefficient (Wildman–Crippen LogP) is 3.14. The lowest BCUT2D eigenvalue weighted by molar-refractivity contribution is -0.146. The number of hydrogen-bond donors (Lipinski definition) is 2. The van der Waals surface area contributed by atoms with Crippen LogP contribution in [-0.4, -0.2) is 44.9 Å². The van der Waals surface area contributed by atoms with Gasteiger partial charge in [0.2, 0.25) is 0 Å². The van der Waals surface area contributed by atoms with Crippen LogP contribution in [0.15, 0.2) is 6.20 Å². The van der Waals surface area contributed by atoms with E-state index in [9.17, 15) is 14.7 Å². The minimum Gasteiger partial charge on any atom is -0.481 e. The van der Waals surface area contributed by atoms with Crippen molar-refractivity contribution in [1.29, 1.82) is 0 Å². The van der Waals surface area contributed by atoms with Crippen molar-refractivity contribution >= 4 is 17.7 Å². The minimum absolute atomic E-state index is 0.232. The van der Waals surface area contributed by atoms with Crippen molar-refractivity contribution in [3.05, 3.63) is 11.9 Å². The first-order valence-electron chi connectivity index (χ1n) is 8.72. The molecule has 0 saturated carbocycles. The number of carbonyl (C=O) groups is 2. The van der Waals surface area contributed by atoms with Crippen LogP contribution in [0.5, 0.6) is 0 Å². The van der Waals surface area contributed by atoms with E-state index in [1.807, 2.05) is 11.6 Å². The first kappa shape index (κ1) is 18.3. The Bertz CT molecular complexity index is 609. The monoisotopic (exact) mass is 336 g/mol. The van der Waals surface area contributed by atoms with Crippen molar-refractivity contribution in [3.8, 4) is 0 Å². The van der Waals surface area contributed by atoms with Gasteiger partial charge in [0.1, 0.15) is 0 Å². The van der Waals surface area contributed by atoms with Crippen LogP contribution in [-0.2, 0) is 11.2 Å². The molecule has 0 spiro atoms. The van der Waals surface area contributed by atoms with Gasteiger partial charge in [-0.05, 0) is 32.6 Å². The Hall–Kier alpha value is -2.05. The van der Waals surface area contributed by atoms with Gasteiger partial charge < -0.3 is 15.3 Å². The van der Waals surface area contributed by atoms with Crippen LogP contribution in [0.2, 0.25) is 0 Å². The SMILES string of the molecule is CCc1c(NC(=O)N2CCC(C)(C(=O)O)C2)cnn1C(CC)CC. The van der Waals surface area contributed by atoms with Crippen LogP contribution in [0, 0.1) is 5.41 Å². The standard InChI is InChI=1S/C17H28N4O3/c1-5-12(6-2)21-14(7-3)13(10-18-21)19-16(24)20-9-8-17(4,11-20)15(22)23/h10,12H,5-9,11H2,1-4H3,(H,19,24)(H,22,23). The largest absolute Gasteiger partial charge is 0.481 e. The van der Waals surface area contributed by atoms with Gasteiger partial charge in [-0.15, -0.1) is 0 Å². The third-order valence-electron chi connectivity index (χ3n) is 5.04. The zero-order valence-electron chi connectivity index (χ0n) is 15.0. The molecule has 2 rings (SSSR count). The quantitative estimate of drug-likeness (QED) is 0.835. The predicted molar refractivity (Wildman–Crippen MR) is 92.2 cm³/mol. The average molecular weight is 336 g/mol. The first-order valence-corrected chi connectivity index (χ1v) is 8.72. The van der Waals surface area contributed by atoms with Crippen molar-refractivity contribution in [2.45, 2.75) is 59.4 Å². The molecule has 1 aromatic heterocycles.